The van der Waals surface area contributed by atoms with E-state index in [4.69, 9.17) is 4.74 Å². The Hall–Kier alpha value is -1.53. The first-order valence-electron chi connectivity index (χ1n) is 8.55. The molecule has 0 saturated carbocycles. The van der Waals surface area contributed by atoms with E-state index in [9.17, 15) is 18.7 Å². The molecular weight excluding hydrogens is 316 g/mol. The highest BCUT2D eigenvalue weighted by Crippen LogP contribution is 2.30. The maximum Gasteiger partial charge on any atom is 0.223 e. The molecule has 2 fully saturated rings. The first-order chi connectivity index (χ1) is 11.6. The van der Waals surface area contributed by atoms with Crippen molar-refractivity contribution in [3.63, 3.8) is 0 Å². The molecule has 4 nitrogen and oxygen atoms in total. The average Bonchev–Trinajstić information content (AvgIpc) is 3.05. The number of benzene rings is 1. The number of aryl methyl sites for hydroxylation is 1. The van der Waals surface area contributed by atoms with Crippen LogP contribution in [0.2, 0.25) is 0 Å². The Morgan fingerprint density at radius 2 is 2.17 bits per heavy atom. The van der Waals surface area contributed by atoms with E-state index in [0.717, 1.165) is 31.0 Å². The summed E-state index contributed by atoms with van der Waals surface area (Å²) in [5.41, 5.74) is 0.222. The van der Waals surface area contributed by atoms with Gasteiger partial charge in [-0.05, 0) is 49.4 Å². The molecule has 2 saturated heterocycles. The monoisotopic (exact) mass is 339 g/mol. The van der Waals surface area contributed by atoms with Gasteiger partial charge in [0.25, 0.3) is 0 Å². The molecule has 0 radical (unpaired) electrons. The van der Waals surface area contributed by atoms with Crippen molar-refractivity contribution in [1.29, 1.82) is 0 Å². The topological polar surface area (TPSA) is 49.8 Å². The van der Waals surface area contributed by atoms with Crippen LogP contribution in [0.5, 0.6) is 0 Å². The zero-order valence-electron chi connectivity index (χ0n) is 13.6. The summed E-state index contributed by atoms with van der Waals surface area (Å²) in [5.74, 6) is -1.12. The minimum Gasteiger partial charge on any atom is -0.393 e. The normalized spacial score (nSPS) is 27.5. The molecule has 24 heavy (non-hydrogen) atoms. The van der Waals surface area contributed by atoms with E-state index in [0.29, 0.717) is 26.2 Å². The molecule has 2 aliphatic heterocycles. The van der Waals surface area contributed by atoms with Crippen molar-refractivity contribution in [2.45, 2.75) is 44.2 Å². The number of rotatable bonds is 4. The van der Waals surface area contributed by atoms with Crippen molar-refractivity contribution >= 4 is 5.91 Å². The van der Waals surface area contributed by atoms with Gasteiger partial charge in [-0.1, -0.05) is 0 Å². The molecule has 1 amide bonds. The van der Waals surface area contributed by atoms with Crippen molar-refractivity contribution in [1.82, 2.24) is 4.90 Å². The predicted octanol–water partition coefficient (Wildman–Crippen LogP) is 2.29. The zero-order valence-corrected chi connectivity index (χ0v) is 13.6. The van der Waals surface area contributed by atoms with Gasteiger partial charge in [0.05, 0.1) is 12.7 Å². The van der Waals surface area contributed by atoms with Gasteiger partial charge in [-0.2, -0.15) is 0 Å². The number of aliphatic hydroxyl groups is 1. The fourth-order valence-electron chi connectivity index (χ4n) is 3.78. The van der Waals surface area contributed by atoms with Crippen LogP contribution >= 0.6 is 0 Å². The Morgan fingerprint density at radius 3 is 2.96 bits per heavy atom. The standard InChI is InChI=1S/C18H23F2NO3/c19-13-4-5-15(20)12(10-13)3-6-18(23)21-8-1-2-16(21)14-11-24-9-7-17(14)22/h4-5,10,14,16-17,22H,1-3,6-9,11H2/t14-,16-,17-/m1/s1. The second kappa shape index (κ2) is 7.57. The summed E-state index contributed by atoms with van der Waals surface area (Å²) >= 11 is 0. The molecule has 0 unspecified atom stereocenters. The third kappa shape index (κ3) is 3.75. The predicted molar refractivity (Wildman–Crippen MR) is 84.3 cm³/mol. The van der Waals surface area contributed by atoms with E-state index in [1.165, 1.54) is 0 Å². The van der Waals surface area contributed by atoms with E-state index in [2.05, 4.69) is 0 Å². The smallest absolute Gasteiger partial charge is 0.223 e. The highest BCUT2D eigenvalue weighted by Gasteiger charge is 2.39. The number of ether oxygens (including phenoxy) is 1. The Balaban J connectivity index is 1.62. The van der Waals surface area contributed by atoms with E-state index in [1.54, 1.807) is 4.90 Å². The SMILES string of the molecule is O=C(CCc1cc(F)ccc1F)N1CCC[C@@H]1[C@H]1COCC[C@H]1O. The number of likely N-dealkylation sites (tertiary alicyclic amines) is 1. The third-order valence-electron chi connectivity index (χ3n) is 5.09. The summed E-state index contributed by atoms with van der Waals surface area (Å²) in [6, 6.07) is 3.28. The highest BCUT2D eigenvalue weighted by atomic mass is 19.1. The summed E-state index contributed by atoms with van der Waals surface area (Å²) in [4.78, 5) is 14.4. The molecular formula is C18H23F2NO3. The molecule has 1 N–H and O–H groups in total. The van der Waals surface area contributed by atoms with Gasteiger partial charge >= 0.3 is 0 Å². The first-order valence-corrected chi connectivity index (χ1v) is 8.55. The number of hydrogen-bond donors (Lipinski definition) is 1. The van der Waals surface area contributed by atoms with Gasteiger partial charge in [0.1, 0.15) is 11.6 Å². The maximum atomic E-state index is 13.7. The van der Waals surface area contributed by atoms with Crippen LogP contribution in [0, 0.1) is 17.6 Å². The van der Waals surface area contributed by atoms with Gasteiger partial charge in [0.2, 0.25) is 5.91 Å². The average molecular weight is 339 g/mol. The van der Waals surface area contributed by atoms with Crippen LogP contribution in [0.3, 0.4) is 0 Å². The molecule has 0 aromatic heterocycles. The summed E-state index contributed by atoms with van der Waals surface area (Å²) in [6.45, 7) is 1.67. The van der Waals surface area contributed by atoms with Gasteiger partial charge < -0.3 is 14.7 Å². The van der Waals surface area contributed by atoms with E-state index >= 15 is 0 Å². The molecule has 1 aromatic rings. The van der Waals surface area contributed by atoms with Gasteiger partial charge in [0, 0.05) is 31.5 Å². The van der Waals surface area contributed by atoms with Crippen LogP contribution in [0.1, 0.15) is 31.2 Å². The molecule has 2 aliphatic rings. The quantitative estimate of drug-likeness (QED) is 0.916. The van der Waals surface area contributed by atoms with Crippen molar-refractivity contribution < 1.29 is 23.4 Å². The molecule has 3 atom stereocenters. The molecule has 0 spiro atoms. The number of amides is 1. The number of halogens is 2. The molecule has 3 rings (SSSR count). The minimum absolute atomic E-state index is 0.0230. The Bertz CT molecular complexity index is 596. The molecule has 6 heteroatoms. The minimum atomic E-state index is -0.500. The Labute approximate surface area is 140 Å². The lowest BCUT2D eigenvalue weighted by Crippen LogP contribution is -2.48. The lowest BCUT2D eigenvalue weighted by molar-refractivity contribution is -0.136. The Morgan fingerprint density at radius 1 is 1.33 bits per heavy atom. The summed E-state index contributed by atoms with van der Waals surface area (Å²) in [6.07, 6.45) is 2.21. The van der Waals surface area contributed by atoms with E-state index < -0.39 is 17.7 Å². The van der Waals surface area contributed by atoms with Gasteiger partial charge in [-0.25, -0.2) is 8.78 Å². The van der Waals surface area contributed by atoms with Crippen molar-refractivity contribution in [2.24, 2.45) is 5.92 Å². The molecule has 0 bridgehead atoms. The van der Waals surface area contributed by atoms with Gasteiger partial charge in [-0.3, -0.25) is 4.79 Å². The van der Waals surface area contributed by atoms with Crippen LogP contribution in [-0.2, 0) is 16.0 Å². The van der Waals surface area contributed by atoms with Crippen LogP contribution in [0.25, 0.3) is 0 Å². The third-order valence-corrected chi connectivity index (χ3v) is 5.09. The molecule has 132 valence electrons. The van der Waals surface area contributed by atoms with Crippen molar-refractivity contribution in [2.75, 3.05) is 19.8 Å². The highest BCUT2D eigenvalue weighted by molar-refractivity contribution is 5.77. The molecule has 0 aliphatic carbocycles. The first kappa shape index (κ1) is 17.3. The number of carbonyl (C=O) groups is 1. The number of nitrogens with zero attached hydrogens (tertiary/aromatic N) is 1. The van der Waals surface area contributed by atoms with Crippen LogP contribution in [0.4, 0.5) is 8.78 Å². The molecule has 2 heterocycles. The maximum absolute atomic E-state index is 13.7. The lowest BCUT2D eigenvalue weighted by atomic mass is 9.89. The molecule has 1 aromatic carbocycles. The van der Waals surface area contributed by atoms with Crippen LogP contribution in [0.15, 0.2) is 18.2 Å². The van der Waals surface area contributed by atoms with Crippen molar-refractivity contribution in [3.8, 4) is 0 Å². The summed E-state index contributed by atoms with van der Waals surface area (Å²) < 4.78 is 32.4. The van der Waals surface area contributed by atoms with Gasteiger partial charge in [0.15, 0.2) is 0 Å². The fraction of sp³-hybridized carbons (Fsp3) is 0.611. The number of carbonyl (C=O) groups excluding carboxylic acids is 1. The second-order valence-corrected chi connectivity index (χ2v) is 6.63. The lowest BCUT2D eigenvalue weighted by Gasteiger charge is -2.37. The number of hydrogen-bond acceptors (Lipinski definition) is 3. The zero-order chi connectivity index (χ0) is 17.1. The largest absolute Gasteiger partial charge is 0.393 e. The van der Waals surface area contributed by atoms with E-state index in [-0.39, 0.29) is 36.3 Å². The van der Waals surface area contributed by atoms with E-state index in [1.807, 2.05) is 0 Å². The van der Waals surface area contributed by atoms with Crippen molar-refractivity contribution in [3.05, 3.63) is 35.4 Å². The fourth-order valence-corrected chi connectivity index (χ4v) is 3.78. The van der Waals surface area contributed by atoms with Crippen LogP contribution in [-0.4, -0.2) is 47.8 Å². The number of aliphatic hydroxyl groups excluding tert-OH is 1. The summed E-state index contributed by atoms with van der Waals surface area (Å²) in [7, 11) is 0. The second-order valence-electron chi connectivity index (χ2n) is 6.63. The van der Waals surface area contributed by atoms with Crippen LogP contribution < -0.4 is 0 Å². The Kier molecular flexibility index (Phi) is 5.46. The summed E-state index contributed by atoms with van der Waals surface area (Å²) in [5, 5.41) is 10.2. The van der Waals surface area contributed by atoms with Gasteiger partial charge in [-0.15, -0.1) is 0 Å².